The molecular weight excluding hydrogens is 432 g/mol. The molecule has 0 aliphatic rings. The fourth-order valence-corrected chi connectivity index (χ4v) is 5.22. The minimum absolute atomic E-state index is 0.0908. The van der Waals surface area contributed by atoms with Crippen LogP contribution < -0.4 is 10.9 Å². The molecule has 0 saturated heterocycles. The van der Waals surface area contributed by atoms with E-state index in [1.165, 1.54) is 23.1 Å². The van der Waals surface area contributed by atoms with E-state index in [9.17, 15) is 9.59 Å². The maximum absolute atomic E-state index is 13.1. The zero-order chi connectivity index (χ0) is 22.0. The van der Waals surface area contributed by atoms with Gasteiger partial charge in [-0.2, -0.15) is 0 Å². The summed E-state index contributed by atoms with van der Waals surface area (Å²) in [4.78, 5) is 36.6. The molecule has 0 saturated carbocycles. The van der Waals surface area contributed by atoms with Crippen LogP contribution in [0.2, 0.25) is 0 Å². The fourth-order valence-electron chi connectivity index (χ4n) is 3.33. The second-order valence-electron chi connectivity index (χ2n) is 7.02. The van der Waals surface area contributed by atoms with Crippen LogP contribution in [0.25, 0.3) is 21.1 Å². The minimum atomic E-state index is -0.174. The van der Waals surface area contributed by atoms with Gasteiger partial charge in [-0.3, -0.25) is 19.1 Å². The number of hydrogen-bond donors (Lipinski definition) is 1. The lowest BCUT2D eigenvalue weighted by Gasteiger charge is -2.12. The van der Waals surface area contributed by atoms with Crippen LogP contribution in [-0.2, 0) is 16.1 Å². The number of nitrogens with zero attached hydrogens (tertiary/aromatic N) is 3. The van der Waals surface area contributed by atoms with Crippen molar-refractivity contribution in [3.63, 3.8) is 0 Å². The standard InChI is InChI=1S/C22H22N4O3S2/c1-13-14(2)31-20-19(13)21(28)26(10-11-29-3)22(25-20)30-12-18(27)24-17-8-4-7-16-15(17)6-5-9-23-16/h4-9H,10-12H2,1-3H3,(H,24,27). The first-order valence-corrected chi connectivity index (χ1v) is 11.6. The molecule has 160 valence electrons. The third-order valence-corrected chi connectivity index (χ3v) is 7.10. The average Bonchev–Trinajstić information content (AvgIpc) is 3.05. The predicted octanol–water partition coefficient (Wildman–Crippen LogP) is 4.00. The SMILES string of the molecule is COCCn1c(SCC(=O)Nc2cccc3ncccc23)nc2sc(C)c(C)c2c1=O. The topological polar surface area (TPSA) is 86.1 Å². The summed E-state index contributed by atoms with van der Waals surface area (Å²) < 4.78 is 6.77. The summed E-state index contributed by atoms with van der Waals surface area (Å²) in [6, 6.07) is 9.37. The van der Waals surface area contributed by atoms with Gasteiger partial charge < -0.3 is 10.1 Å². The van der Waals surface area contributed by atoms with E-state index in [2.05, 4.69) is 10.3 Å². The number of amides is 1. The predicted molar refractivity (Wildman–Crippen MR) is 126 cm³/mol. The Morgan fingerprint density at radius 1 is 1.26 bits per heavy atom. The number of benzene rings is 1. The van der Waals surface area contributed by atoms with Crippen molar-refractivity contribution in [3.8, 4) is 0 Å². The van der Waals surface area contributed by atoms with Gasteiger partial charge >= 0.3 is 0 Å². The van der Waals surface area contributed by atoms with Gasteiger partial charge in [-0.1, -0.05) is 17.8 Å². The van der Waals surface area contributed by atoms with E-state index in [1.54, 1.807) is 17.9 Å². The van der Waals surface area contributed by atoms with Crippen molar-refractivity contribution < 1.29 is 9.53 Å². The van der Waals surface area contributed by atoms with Gasteiger partial charge in [-0.15, -0.1) is 11.3 Å². The van der Waals surface area contributed by atoms with E-state index < -0.39 is 0 Å². The molecule has 3 aromatic heterocycles. The Hall–Kier alpha value is -2.75. The van der Waals surface area contributed by atoms with Crippen molar-refractivity contribution in [3.05, 3.63) is 57.3 Å². The van der Waals surface area contributed by atoms with Crippen LogP contribution in [0.5, 0.6) is 0 Å². The molecule has 0 spiro atoms. The fraction of sp³-hybridized carbons (Fsp3) is 0.273. The molecule has 0 bridgehead atoms. The van der Waals surface area contributed by atoms with Crippen LogP contribution in [0.4, 0.5) is 5.69 Å². The largest absolute Gasteiger partial charge is 0.383 e. The van der Waals surface area contributed by atoms with Crippen LogP contribution in [0, 0.1) is 13.8 Å². The highest BCUT2D eigenvalue weighted by atomic mass is 32.2. The zero-order valence-electron chi connectivity index (χ0n) is 17.5. The maximum Gasteiger partial charge on any atom is 0.263 e. The Bertz CT molecular complexity index is 1320. The Labute approximate surface area is 187 Å². The number of rotatable bonds is 7. The van der Waals surface area contributed by atoms with E-state index in [0.29, 0.717) is 34.2 Å². The molecule has 7 nitrogen and oxygen atoms in total. The van der Waals surface area contributed by atoms with Gasteiger partial charge in [-0.05, 0) is 43.7 Å². The third-order valence-electron chi connectivity index (χ3n) is 5.02. The summed E-state index contributed by atoms with van der Waals surface area (Å²) in [5, 5.41) is 4.99. The molecule has 31 heavy (non-hydrogen) atoms. The van der Waals surface area contributed by atoms with Crippen molar-refractivity contribution in [2.24, 2.45) is 0 Å². The molecule has 3 heterocycles. The van der Waals surface area contributed by atoms with Gasteiger partial charge in [0.2, 0.25) is 5.91 Å². The first-order chi connectivity index (χ1) is 15.0. The summed E-state index contributed by atoms with van der Waals surface area (Å²) in [6.45, 7) is 4.70. The maximum atomic E-state index is 13.1. The van der Waals surface area contributed by atoms with Gasteiger partial charge in [-0.25, -0.2) is 4.98 Å². The van der Waals surface area contributed by atoms with Crippen molar-refractivity contribution in [1.29, 1.82) is 0 Å². The van der Waals surface area contributed by atoms with Crippen molar-refractivity contribution in [2.75, 3.05) is 24.8 Å². The highest BCUT2D eigenvalue weighted by Crippen LogP contribution is 2.28. The van der Waals surface area contributed by atoms with E-state index in [-0.39, 0.29) is 17.2 Å². The van der Waals surface area contributed by atoms with E-state index in [0.717, 1.165) is 21.3 Å². The highest BCUT2D eigenvalue weighted by molar-refractivity contribution is 7.99. The normalized spacial score (nSPS) is 11.3. The number of ether oxygens (including phenoxy) is 1. The molecule has 1 N–H and O–H groups in total. The monoisotopic (exact) mass is 454 g/mol. The molecular formula is C22H22N4O3S2. The summed E-state index contributed by atoms with van der Waals surface area (Å²) in [6.07, 6.45) is 1.72. The summed E-state index contributed by atoms with van der Waals surface area (Å²) in [5.41, 5.74) is 2.40. The molecule has 0 aliphatic heterocycles. The lowest BCUT2D eigenvalue weighted by Crippen LogP contribution is -2.26. The van der Waals surface area contributed by atoms with Gasteiger partial charge in [0.15, 0.2) is 5.16 Å². The first-order valence-electron chi connectivity index (χ1n) is 9.75. The molecule has 0 unspecified atom stereocenters. The summed E-state index contributed by atoms with van der Waals surface area (Å²) in [5.74, 6) is -0.0437. The Balaban J connectivity index is 1.59. The average molecular weight is 455 g/mol. The molecule has 0 radical (unpaired) electrons. The number of aryl methyl sites for hydroxylation is 2. The number of fused-ring (bicyclic) bond motifs is 2. The minimum Gasteiger partial charge on any atom is -0.383 e. The zero-order valence-corrected chi connectivity index (χ0v) is 19.1. The van der Waals surface area contributed by atoms with Gasteiger partial charge in [0.05, 0.1) is 35.5 Å². The van der Waals surface area contributed by atoms with Crippen LogP contribution >= 0.6 is 23.1 Å². The number of nitrogens with one attached hydrogen (secondary N) is 1. The third kappa shape index (κ3) is 4.34. The molecule has 1 aromatic carbocycles. The van der Waals surface area contributed by atoms with Crippen molar-refractivity contribution in [1.82, 2.24) is 14.5 Å². The Morgan fingerprint density at radius 2 is 2.10 bits per heavy atom. The Morgan fingerprint density at radius 3 is 2.90 bits per heavy atom. The van der Waals surface area contributed by atoms with E-state index >= 15 is 0 Å². The first kappa shape index (κ1) is 21.5. The molecule has 0 aliphatic carbocycles. The number of thiophene rings is 1. The van der Waals surface area contributed by atoms with E-state index in [4.69, 9.17) is 9.72 Å². The van der Waals surface area contributed by atoms with Crippen LogP contribution in [-0.4, -0.2) is 39.9 Å². The number of carbonyl (C=O) groups excluding carboxylic acids is 1. The number of pyridine rings is 1. The lowest BCUT2D eigenvalue weighted by atomic mass is 10.2. The van der Waals surface area contributed by atoms with Crippen LogP contribution in [0.3, 0.4) is 0 Å². The number of carbonyl (C=O) groups is 1. The van der Waals surface area contributed by atoms with Crippen molar-refractivity contribution >= 4 is 55.8 Å². The van der Waals surface area contributed by atoms with E-state index in [1.807, 2.05) is 44.2 Å². The van der Waals surface area contributed by atoms with Gasteiger partial charge in [0.25, 0.3) is 5.56 Å². The Kier molecular flexibility index (Phi) is 6.35. The second kappa shape index (κ2) is 9.17. The number of aromatic nitrogens is 3. The van der Waals surface area contributed by atoms with Gasteiger partial charge in [0, 0.05) is 23.6 Å². The molecule has 4 aromatic rings. The number of methoxy groups -OCH3 is 1. The van der Waals surface area contributed by atoms with Crippen molar-refractivity contribution in [2.45, 2.75) is 25.5 Å². The molecule has 0 atom stereocenters. The quantitative estimate of drug-likeness (QED) is 0.336. The van der Waals surface area contributed by atoms with Gasteiger partial charge in [0.1, 0.15) is 4.83 Å². The lowest BCUT2D eigenvalue weighted by molar-refractivity contribution is -0.113. The van der Waals surface area contributed by atoms with Crippen LogP contribution in [0.1, 0.15) is 10.4 Å². The second-order valence-corrected chi connectivity index (χ2v) is 9.17. The molecule has 4 rings (SSSR count). The molecule has 9 heteroatoms. The molecule has 1 amide bonds. The highest BCUT2D eigenvalue weighted by Gasteiger charge is 2.18. The molecule has 0 fully saturated rings. The number of hydrogen-bond acceptors (Lipinski definition) is 7. The summed E-state index contributed by atoms with van der Waals surface area (Å²) in [7, 11) is 1.59. The van der Waals surface area contributed by atoms with Crippen LogP contribution in [0.15, 0.2) is 46.5 Å². The smallest absolute Gasteiger partial charge is 0.263 e. The summed E-state index contributed by atoms with van der Waals surface area (Å²) >= 11 is 2.75. The number of thioether (sulfide) groups is 1. The number of anilines is 1.